The van der Waals surface area contributed by atoms with Gasteiger partial charge in [-0.1, -0.05) is 11.6 Å². The normalized spacial score (nSPS) is 9.69. The average Bonchev–Trinajstić information content (AvgIpc) is 2.28. The van der Waals surface area contributed by atoms with E-state index >= 15 is 0 Å². The molecule has 0 aliphatic carbocycles. The topological polar surface area (TPSA) is 75.2 Å². The van der Waals surface area contributed by atoms with Crippen molar-refractivity contribution < 1.29 is 9.59 Å². The number of carbonyl (C=O) groups is 2. The summed E-state index contributed by atoms with van der Waals surface area (Å²) in [5, 5.41) is 2.55. The standard InChI is InChI=1S/C9H11ClN4O2/c1-11-7(16)3-14(2)9-6(4-15)8(10)12-5-13-9/h4-5H,3H2,1-2H3,(H,11,16). The number of hydrogen-bond donors (Lipinski definition) is 1. The largest absolute Gasteiger partial charge is 0.358 e. The minimum absolute atomic E-state index is 0.0729. The second-order valence-electron chi connectivity index (χ2n) is 3.05. The number of carbonyl (C=O) groups excluding carboxylic acids is 2. The van der Waals surface area contributed by atoms with Crippen LogP contribution in [0.2, 0.25) is 5.15 Å². The molecule has 0 saturated carbocycles. The summed E-state index contributed by atoms with van der Waals surface area (Å²) in [7, 11) is 3.17. The summed E-state index contributed by atoms with van der Waals surface area (Å²) in [5.41, 5.74) is 0.176. The lowest BCUT2D eigenvalue weighted by Crippen LogP contribution is -2.34. The predicted molar refractivity (Wildman–Crippen MR) is 59.8 cm³/mol. The summed E-state index contributed by atoms with van der Waals surface area (Å²) in [6.07, 6.45) is 1.81. The summed E-state index contributed by atoms with van der Waals surface area (Å²) in [4.78, 5) is 31.1. The number of rotatable bonds is 4. The Morgan fingerprint density at radius 3 is 2.88 bits per heavy atom. The number of hydrogen-bond acceptors (Lipinski definition) is 5. The van der Waals surface area contributed by atoms with Crippen molar-refractivity contribution in [3.05, 3.63) is 17.0 Å². The molecule has 1 heterocycles. The van der Waals surface area contributed by atoms with Gasteiger partial charge in [0.25, 0.3) is 0 Å². The Labute approximate surface area is 97.6 Å². The fourth-order valence-electron chi connectivity index (χ4n) is 1.14. The van der Waals surface area contributed by atoms with E-state index in [-0.39, 0.29) is 23.2 Å². The van der Waals surface area contributed by atoms with Gasteiger partial charge >= 0.3 is 0 Å². The van der Waals surface area contributed by atoms with Crippen molar-refractivity contribution in [3.8, 4) is 0 Å². The third-order valence-electron chi connectivity index (χ3n) is 1.95. The fourth-order valence-corrected chi connectivity index (χ4v) is 1.31. The Morgan fingerprint density at radius 2 is 2.31 bits per heavy atom. The summed E-state index contributed by atoms with van der Waals surface area (Å²) in [5.74, 6) is 0.146. The van der Waals surface area contributed by atoms with Crippen LogP contribution in [0.3, 0.4) is 0 Å². The van der Waals surface area contributed by atoms with Crippen LogP contribution in [0.4, 0.5) is 5.82 Å². The summed E-state index contributed by atoms with van der Waals surface area (Å²) < 4.78 is 0. The third-order valence-corrected chi connectivity index (χ3v) is 2.25. The van der Waals surface area contributed by atoms with E-state index < -0.39 is 0 Å². The number of halogens is 1. The SMILES string of the molecule is CNC(=O)CN(C)c1ncnc(Cl)c1C=O. The van der Waals surface area contributed by atoms with Crippen molar-refractivity contribution in [2.24, 2.45) is 0 Å². The highest BCUT2D eigenvalue weighted by Crippen LogP contribution is 2.19. The van der Waals surface area contributed by atoms with Gasteiger partial charge < -0.3 is 10.2 Å². The summed E-state index contributed by atoms with van der Waals surface area (Å²) in [6.45, 7) is 0.0880. The molecule has 0 fully saturated rings. The number of aldehydes is 1. The molecule has 0 radical (unpaired) electrons. The van der Waals surface area contributed by atoms with Crippen LogP contribution in [0.1, 0.15) is 10.4 Å². The van der Waals surface area contributed by atoms with Crippen LogP contribution in [-0.2, 0) is 4.79 Å². The van der Waals surface area contributed by atoms with Gasteiger partial charge in [-0.15, -0.1) is 0 Å². The molecule has 0 aliphatic heterocycles. The maximum atomic E-state index is 11.2. The van der Waals surface area contributed by atoms with Crippen LogP contribution >= 0.6 is 11.6 Å². The zero-order valence-corrected chi connectivity index (χ0v) is 9.65. The Morgan fingerprint density at radius 1 is 1.62 bits per heavy atom. The van der Waals surface area contributed by atoms with Gasteiger partial charge in [-0.2, -0.15) is 0 Å². The van der Waals surface area contributed by atoms with Crippen molar-refractivity contribution in [3.63, 3.8) is 0 Å². The monoisotopic (exact) mass is 242 g/mol. The van der Waals surface area contributed by atoms with Gasteiger partial charge in [0.05, 0.1) is 12.1 Å². The molecule has 1 rings (SSSR count). The zero-order valence-electron chi connectivity index (χ0n) is 8.90. The molecule has 1 N–H and O–H groups in total. The number of anilines is 1. The number of amides is 1. The quantitative estimate of drug-likeness (QED) is 0.600. The van der Waals surface area contributed by atoms with Crippen molar-refractivity contribution in [2.75, 3.05) is 25.5 Å². The molecule has 0 bridgehead atoms. The third kappa shape index (κ3) is 2.66. The van der Waals surface area contributed by atoms with E-state index in [2.05, 4.69) is 15.3 Å². The summed E-state index contributed by atoms with van der Waals surface area (Å²) >= 11 is 5.73. The second-order valence-corrected chi connectivity index (χ2v) is 3.41. The van der Waals surface area contributed by atoms with Crippen LogP contribution in [-0.4, -0.2) is 42.8 Å². The van der Waals surface area contributed by atoms with Crippen LogP contribution in [0.25, 0.3) is 0 Å². The molecular weight excluding hydrogens is 232 g/mol. The molecule has 1 aromatic rings. The maximum absolute atomic E-state index is 11.2. The number of likely N-dealkylation sites (N-methyl/N-ethyl adjacent to an activating group) is 2. The lowest BCUT2D eigenvalue weighted by Gasteiger charge is -2.18. The lowest BCUT2D eigenvalue weighted by molar-refractivity contribution is -0.119. The van der Waals surface area contributed by atoms with E-state index in [1.807, 2.05) is 0 Å². The van der Waals surface area contributed by atoms with Crippen LogP contribution < -0.4 is 10.2 Å². The molecule has 0 atom stereocenters. The Kier molecular flexibility index (Phi) is 4.19. The molecule has 0 unspecified atom stereocenters. The molecule has 1 aromatic heterocycles. The van der Waals surface area contributed by atoms with E-state index in [0.717, 1.165) is 0 Å². The molecule has 7 heteroatoms. The van der Waals surface area contributed by atoms with Crippen molar-refractivity contribution >= 4 is 29.6 Å². The van der Waals surface area contributed by atoms with Crippen molar-refractivity contribution in [2.45, 2.75) is 0 Å². The number of aromatic nitrogens is 2. The van der Waals surface area contributed by atoms with Gasteiger partial charge in [-0.3, -0.25) is 9.59 Å². The van der Waals surface area contributed by atoms with Gasteiger partial charge in [-0.25, -0.2) is 9.97 Å². The highest BCUT2D eigenvalue weighted by Gasteiger charge is 2.14. The van der Waals surface area contributed by atoms with Gasteiger partial charge in [0.15, 0.2) is 6.29 Å². The van der Waals surface area contributed by atoms with E-state index in [0.29, 0.717) is 12.1 Å². The zero-order chi connectivity index (χ0) is 12.1. The molecule has 6 nitrogen and oxygen atoms in total. The van der Waals surface area contributed by atoms with E-state index in [4.69, 9.17) is 11.6 Å². The molecule has 1 amide bonds. The van der Waals surface area contributed by atoms with Crippen molar-refractivity contribution in [1.82, 2.24) is 15.3 Å². The first-order valence-corrected chi connectivity index (χ1v) is 4.85. The Bertz CT molecular complexity index is 410. The predicted octanol–water partition coefficient (Wildman–Crippen LogP) is 0.125. The number of nitrogens with one attached hydrogen (secondary N) is 1. The van der Waals surface area contributed by atoms with Gasteiger partial charge in [0.2, 0.25) is 5.91 Å². The van der Waals surface area contributed by atoms with E-state index in [1.165, 1.54) is 18.3 Å². The summed E-state index contributed by atoms with van der Waals surface area (Å²) in [6, 6.07) is 0. The molecule has 0 aromatic carbocycles. The molecule has 16 heavy (non-hydrogen) atoms. The van der Waals surface area contributed by atoms with Crippen LogP contribution in [0, 0.1) is 0 Å². The van der Waals surface area contributed by atoms with Crippen molar-refractivity contribution in [1.29, 1.82) is 0 Å². The second kappa shape index (κ2) is 5.41. The fraction of sp³-hybridized carbons (Fsp3) is 0.333. The Hall–Kier alpha value is -1.69. The lowest BCUT2D eigenvalue weighted by atomic mass is 10.3. The van der Waals surface area contributed by atoms with Gasteiger partial charge in [0.1, 0.15) is 17.3 Å². The average molecular weight is 243 g/mol. The highest BCUT2D eigenvalue weighted by molar-refractivity contribution is 6.32. The molecule has 0 spiro atoms. The van der Waals surface area contributed by atoms with Gasteiger partial charge in [0, 0.05) is 14.1 Å². The molecular formula is C9H11ClN4O2. The number of nitrogens with zero attached hydrogens (tertiary/aromatic N) is 3. The minimum atomic E-state index is -0.186. The Balaban J connectivity index is 2.99. The van der Waals surface area contributed by atoms with E-state index in [1.54, 1.807) is 7.05 Å². The first kappa shape index (κ1) is 12.4. The van der Waals surface area contributed by atoms with Crippen LogP contribution in [0.15, 0.2) is 6.33 Å². The first-order chi connectivity index (χ1) is 7.60. The molecule has 0 saturated heterocycles. The molecule has 86 valence electrons. The minimum Gasteiger partial charge on any atom is -0.358 e. The van der Waals surface area contributed by atoms with Crippen LogP contribution in [0.5, 0.6) is 0 Å². The maximum Gasteiger partial charge on any atom is 0.239 e. The molecule has 0 aliphatic rings. The smallest absolute Gasteiger partial charge is 0.239 e. The van der Waals surface area contributed by atoms with E-state index in [9.17, 15) is 9.59 Å². The highest BCUT2D eigenvalue weighted by atomic mass is 35.5. The van der Waals surface area contributed by atoms with Gasteiger partial charge in [-0.05, 0) is 0 Å². The first-order valence-electron chi connectivity index (χ1n) is 4.47.